The molecule has 0 aliphatic rings. The van der Waals surface area contributed by atoms with Crippen molar-refractivity contribution in [2.45, 2.75) is 33.6 Å². The van der Waals surface area contributed by atoms with Gasteiger partial charge in [0.25, 0.3) is 0 Å². The van der Waals surface area contributed by atoms with Crippen LogP contribution in [0.15, 0.2) is 36.4 Å². The van der Waals surface area contributed by atoms with E-state index in [4.69, 9.17) is 5.73 Å². The molecule has 2 aromatic rings. The van der Waals surface area contributed by atoms with Crippen LogP contribution >= 0.6 is 0 Å². The van der Waals surface area contributed by atoms with Crippen LogP contribution in [0.25, 0.3) is 11.1 Å². The fourth-order valence-corrected chi connectivity index (χ4v) is 2.54. The first-order valence-corrected chi connectivity index (χ1v) is 6.47. The van der Waals surface area contributed by atoms with Crippen LogP contribution in [-0.4, -0.2) is 0 Å². The number of anilines is 1. The third-order valence-corrected chi connectivity index (χ3v) is 3.51. The van der Waals surface area contributed by atoms with Gasteiger partial charge in [0.1, 0.15) is 0 Å². The van der Waals surface area contributed by atoms with E-state index in [2.05, 4.69) is 64.1 Å². The number of rotatable bonds is 2. The largest absolute Gasteiger partial charge is 0.398 e. The van der Waals surface area contributed by atoms with Crippen LogP contribution in [0, 0.1) is 13.8 Å². The Kier molecular flexibility index (Phi) is 3.42. The van der Waals surface area contributed by atoms with E-state index in [1.807, 2.05) is 0 Å². The summed E-state index contributed by atoms with van der Waals surface area (Å²) >= 11 is 0. The summed E-state index contributed by atoms with van der Waals surface area (Å²) in [6, 6.07) is 12.7. The number of nitrogen functional groups attached to an aromatic ring is 1. The van der Waals surface area contributed by atoms with Crippen molar-refractivity contribution in [3.8, 4) is 11.1 Å². The molecule has 2 aromatic carbocycles. The van der Waals surface area contributed by atoms with Gasteiger partial charge in [-0.2, -0.15) is 0 Å². The van der Waals surface area contributed by atoms with E-state index in [0.717, 1.165) is 11.3 Å². The molecule has 94 valence electrons. The van der Waals surface area contributed by atoms with Crippen molar-refractivity contribution in [1.82, 2.24) is 0 Å². The Hall–Kier alpha value is -1.76. The lowest BCUT2D eigenvalue weighted by Gasteiger charge is -2.17. The van der Waals surface area contributed by atoms with Gasteiger partial charge in [0, 0.05) is 11.3 Å². The van der Waals surface area contributed by atoms with Crippen molar-refractivity contribution in [3.63, 3.8) is 0 Å². The molecule has 0 spiro atoms. The quantitative estimate of drug-likeness (QED) is 0.757. The van der Waals surface area contributed by atoms with Crippen LogP contribution in [-0.2, 0) is 0 Å². The molecule has 0 aromatic heterocycles. The summed E-state index contributed by atoms with van der Waals surface area (Å²) < 4.78 is 0. The third-order valence-electron chi connectivity index (χ3n) is 3.51. The molecule has 0 saturated carbocycles. The van der Waals surface area contributed by atoms with Crippen LogP contribution in [0.3, 0.4) is 0 Å². The van der Waals surface area contributed by atoms with Crippen LogP contribution in [0.2, 0.25) is 0 Å². The summed E-state index contributed by atoms with van der Waals surface area (Å²) in [6.45, 7) is 8.65. The highest BCUT2D eigenvalue weighted by molar-refractivity contribution is 5.82. The molecule has 0 bridgehead atoms. The lowest BCUT2D eigenvalue weighted by Crippen LogP contribution is -2.00. The first kappa shape index (κ1) is 12.7. The first-order chi connectivity index (χ1) is 8.52. The van der Waals surface area contributed by atoms with Crippen LogP contribution in [0.5, 0.6) is 0 Å². The monoisotopic (exact) mass is 239 g/mol. The molecule has 0 unspecified atom stereocenters. The minimum absolute atomic E-state index is 0.453. The van der Waals surface area contributed by atoms with Crippen molar-refractivity contribution in [1.29, 1.82) is 0 Å². The summed E-state index contributed by atoms with van der Waals surface area (Å²) in [5, 5.41) is 0. The first-order valence-electron chi connectivity index (χ1n) is 6.47. The van der Waals surface area contributed by atoms with Gasteiger partial charge >= 0.3 is 0 Å². The lowest BCUT2D eigenvalue weighted by molar-refractivity contribution is 0.870. The van der Waals surface area contributed by atoms with Crippen molar-refractivity contribution in [2.24, 2.45) is 0 Å². The molecule has 1 heteroatoms. The number of hydrogen-bond donors (Lipinski definition) is 1. The maximum atomic E-state index is 6.35. The maximum Gasteiger partial charge on any atom is 0.0429 e. The van der Waals surface area contributed by atoms with Crippen LogP contribution in [0.1, 0.15) is 36.5 Å². The maximum absolute atomic E-state index is 6.35. The molecule has 0 saturated heterocycles. The summed E-state index contributed by atoms with van der Waals surface area (Å²) in [7, 11) is 0. The average molecular weight is 239 g/mol. The molecule has 1 nitrogen and oxygen atoms in total. The van der Waals surface area contributed by atoms with Gasteiger partial charge in [-0.15, -0.1) is 0 Å². The molecular formula is C17H21N. The van der Waals surface area contributed by atoms with E-state index >= 15 is 0 Å². The fourth-order valence-electron chi connectivity index (χ4n) is 2.54. The summed E-state index contributed by atoms with van der Waals surface area (Å²) in [5.74, 6) is 0.453. The second kappa shape index (κ2) is 4.85. The minimum Gasteiger partial charge on any atom is -0.398 e. The summed E-state index contributed by atoms with van der Waals surface area (Å²) in [6.07, 6.45) is 0. The Labute approximate surface area is 110 Å². The molecule has 0 fully saturated rings. The lowest BCUT2D eigenvalue weighted by atomic mass is 9.90. The van der Waals surface area contributed by atoms with Gasteiger partial charge in [0.15, 0.2) is 0 Å². The second-order valence-corrected chi connectivity index (χ2v) is 5.23. The van der Waals surface area contributed by atoms with Gasteiger partial charge < -0.3 is 5.73 Å². The van der Waals surface area contributed by atoms with E-state index in [9.17, 15) is 0 Å². The standard InChI is InChI=1S/C17H21N/c1-11(2)14-9-6-10-15(17(14)18)16-12(3)7-5-8-13(16)4/h5-11H,18H2,1-4H3. The molecule has 0 heterocycles. The second-order valence-electron chi connectivity index (χ2n) is 5.23. The Bertz CT molecular complexity index is 548. The smallest absolute Gasteiger partial charge is 0.0429 e. The number of hydrogen-bond acceptors (Lipinski definition) is 1. The fraction of sp³-hybridized carbons (Fsp3) is 0.294. The number of aryl methyl sites for hydroxylation is 2. The molecule has 0 aliphatic carbocycles. The van der Waals surface area contributed by atoms with E-state index in [0.29, 0.717) is 5.92 Å². The molecule has 0 radical (unpaired) electrons. The Morgan fingerprint density at radius 2 is 1.44 bits per heavy atom. The molecule has 2 rings (SSSR count). The SMILES string of the molecule is Cc1cccc(C)c1-c1cccc(C(C)C)c1N. The van der Waals surface area contributed by atoms with Crippen LogP contribution in [0.4, 0.5) is 5.69 Å². The zero-order chi connectivity index (χ0) is 13.3. The highest BCUT2D eigenvalue weighted by Crippen LogP contribution is 2.35. The highest BCUT2D eigenvalue weighted by atomic mass is 14.6. The summed E-state index contributed by atoms with van der Waals surface area (Å²) in [5.41, 5.74) is 13.5. The van der Waals surface area contributed by atoms with Gasteiger partial charge in [0.2, 0.25) is 0 Å². The molecule has 0 amide bonds. The van der Waals surface area contributed by atoms with Gasteiger partial charge in [0.05, 0.1) is 0 Å². The van der Waals surface area contributed by atoms with Crippen molar-refractivity contribution >= 4 is 5.69 Å². The van der Waals surface area contributed by atoms with Gasteiger partial charge in [-0.05, 0) is 42.0 Å². The zero-order valence-corrected chi connectivity index (χ0v) is 11.6. The molecule has 0 atom stereocenters. The Morgan fingerprint density at radius 3 is 2.00 bits per heavy atom. The normalized spacial score (nSPS) is 10.9. The molecule has 0 aliphatic heterocycles. The number of para-hydroxylation sites is 1. The van der Waals surface area contributed by atoms with Crippen molar-refractivity contribution in [2.75, 3.05) is 5.73 Å². The topological polar surface area (TPSA) is 26.0 Å². The zero-order valence-electron chi connectivity index (χ0n) is 11.6. The number of nitrogens with two attached hydrogens (primary N) is 1. The number of benzene rings is 2. The van der Waals surface area contributed by atoms with E-state index in [1.54, 1.807) is 0 Å². The van der Waals surface area contributed by atoms with Crippen molar-refractivity contribution in [3.05, 3.63) is 53.1 Å². The van der Waals surface area contributed by atoms with E-state index < -0.39 is 0 Å². The Balaban J connectivity index is 2.69. The predicted molar refractivity (Wildman–Crippen MR) is 79.9 cm³/mol. The minimum atomic E-state index is 0.453. The van der Waals surface area contributed by atoms with Gasteiger partial charge in [-0.3, -0.25) is 0 Å². The Morgan fingerprint density at radius 1 is 0.889 bits per heavy atom. The van der Waals surface area contributed by atoms with Crippen LogP contribution < -0.4 is 5.73 Å². The van der Waals surface area contributed by atoms with Gasteiger partial charge in [-0.25, -0.2) is 0 Å². The summed E-state index contributed by atoms with van der Waals surface area (Å²) in [4.78, 5) is 0. The van der Waals surface area contributed by atoms with Crippen molar-refractivity contribution < 1.29 is 0 Å². The predicted octanol–water partition coefficient (Wildman–Crippen LogP) is 4.68. The van der Waals surface area contributed by atoms with E-state index in [1.165, 1.54) is 22.3 Å². The molecular weight excluding hydrogens is 218 g/mol. The van der Waals surface area contributed by atoms with E-state index in [-0.39, 0.29) is 0 Å². The molecule has 18 heavy (non-hydrogen) atoms. The van der Waals surface area contributed by atoms with Gasteiger partial charge in [-0.1, -0.05) is 50.2 Å². The third kappa shape index (κ3) is 2.13. The average Bonchev–Trinajstić information content (AvgIpc) is 2.30. The highest BCUT2D eigenvalue weighted by Gasteiger charge is 2.12. The molecule has 2 N–H and O–H groups in total.